The Labute approximate surface area is 151 Å². The van der Waals surface area contributed by atoms with E-state index >= 15 is 0 Å². The number of benzene rings is 1. The highest BCUT2D eigenvalue weighted by Gasteiger charge is 2.24. The molecule has 1 aliphatic heterocycles. The first-order chi connectivity index (χ1) is 12.2. The van der Waals surface area contributed by atoms with Crippen LogP contribution in [0.5, 0.6) is 5.75 Å². The van der Waals surface area contributed by atoms with Crippen molar-refractivity contribution in [2.75, 3.05) is 20.2 Å². The van der Waals surface area contributed by atoms with Gasteiger partial charge in [0.1, 0.15) is 5.75 Å². The van der Waals surface area contributed by atoms with Gasteiger partial charge in [-0.25, -0.2) is 0 Å². The Kier molecular flexibility index (Phi) is 5.96. The summed E-state index contributed by atoms with van der Waals surface area (Å²) < 4.78 is 10.8. The second kappa shape index (κ2) is 8.38. The molecule has 1 aromatic heterocycles. The van der Waals surface area contributed by atoms with Crippen molar-refractivity contribution in [3.05, 3.63) is 24.3 Å². The average molecular weight is 361 g/mol. The number of aromatic nitrogens is 2. The number of hydrogen-bond acceptors (Lipinski definition) is 6. The number of likely N-dealkylation sites (tertiary alicyclic amines) is 1. The van der Waals surface area contributed by atoms with Crippen molar-refractivity contribution < 1.29 is 13.9 Å². The first-order valence-corrected chi connectivity index (χ1v) is 9.48. The highest BCUT2D eigenvalue weighted by molar-refractivity contribution is 8.00. The Morgan fingerprint density at radius 1 is 1.16 bits per heavy atom. The lowest BCUT2D eigenvalue weighted by atomic mass is 10.2. The van der Waals surface area contributed by atoms with Gasteiger partial charge in [-0.2, -0.15) is 0 Å². The number of carbonyl (C=O) groups is 1. The number of hydrogen-bond donors (Lipinski definition) is 0. The van der Waals surface area contributed by atoms with E-state index in [1.807, 2.05) is 36.1 Å². The number of carbonyl (C=O) groups excluding carboxylic acids is 1. The zero-order chi connectivity index (χ0) is 17.6. The molecule has 0 bridgehead atoms. The molecule has 0 unspecified atom stereocenters. The quantitative estimate of drug-likeness (QED) is 0.758. The van der Waals surface area contributed by atoms with Crippen molar-refractivity contribution in [3.8, 4) is 17.2 Å². The minimum absolute atomic E-state index is 0.149. The molecule has 3 rings (SSSR count). The number of amides is 1. The number of rotatable bonds is 5. The Bertz CT molecular complexity index is 694. The minimum Gasteiger partial charge on any atom is -0.497 e. The molecule has 0 aliphatic carbocycles. The Balaban J connectivity index is 1.62. The van der Waals surface area contributed by atoms with Gasteiger partial charge < -0.3 is 14.1 Å². The maximum Gasteiger partial charge on any atom is 0.277 e. The highest BCUT2D eigenvalue weighted by atomic mass is 32.2. The summed E-state index contributed by atoms with van der Waals surface area (Å²) in [7, 11) is 1.62. The molecule has 1 aromatic carbocycles. The summed E-state index contributed by atoms with van der Waals surface area (Å²) >= 11 is 1.32. The van der Waals surface area contributed by atoms with Crippen molar-refractivity contribution in [1.29, 1.82) is 0 Å². The van der Waals surface area contributed by atoms with Gasteiger partial charge in [0.2, 0.25) is 11.8 Å². The van der Waals surface area contributed by atoms with E-state index in [0.29, 0.717) is 11.1 Å². The van der Waals surface area contributed by atoms with Crippen LogP contribution in [0.1, 0.15) is 32.6 Å². The lowest BCUT2D eigenvalue weighted by Gasteiger charge is -2.23. The Morgan fingerprint density at radius 3 is 2.48 bits per heavy atom. The Hall–Kier alpha value is -2.02. The van der Waals surface area contributed by atoms with Crippen LogP contribution in [0.4, 0.5) is 0 Å². The van der Waals surface area contributed by atoms with Crippen LogP contribution in [0, 0.1) is 0 Å². The van der Waals surface area contributed by atoms with Crippen LogP contribution < -0.4 is 4.74 Å². The molecule has 2 aromatic rings. The molecule has 1 saturated heterocycles. The molecule has 1 atom stereocenters. The highest BCUT2D eigenvalue weighted by Crippen LogP contribution is 2.28. The van der Waals surface area contributed by atoms with Gasteiger partial charge in [-0.1, -0.05) is 24.6 Å². The van der Waals surface area contributed by atoms with Crippen LogP contribution in [-0.2, 0) is 4.79 Å². The molecule has 25 heavy (non-hydrogen) atoms. The van der Waals surface area contributed by atoms with E-state index in [1.165, 1.54) is 24.6 Å². The molecular weight excluding hydrogens is 338 g/mol. The summed E-state index contributed by atoms with van der Waals surface area (Å²) in [6, 6.07) is 7.43. The average Bonchev–Trinajstić information content (AvgIpc) is 2.93. The fourth-order valence-corrected chi connectivity index (χ4v) is 3.62. The first-order valence-electron chi connectivity index (χ1n) is 8.61. The summed E-state index contributed by atoms with van der Waals surface area (Å²) in [5.74, 6) is 1.37. The van der Waals surface area contributed by atoms with Gasteiger partial charge >= 0.3 is 0 Å². The van der Waals surface area contributed by atoms with Crippen LogP contribution in [0.25, 0.3) is 11.5 Å². The molecule has 134 valence electrons. The van der Waals surface area contributed by atoms with E-state index in [9.17, 15) is 4.79 Å². The third-order valence-corrected chi connectivity index (χ3v) is 5.21. The fourth-order valence-electron chi connectivity index (χ4n) is 2.86. The maximum atomic E-state index is 12.6. The lowest BCUT2D eigenvalue weighted by molar-refractivity contribution is -0.130. The fraction of sp³-hybridized carbons (Fsp3) is 0.500. The van der Waals surface area contributed by atoms with Crippen molar-refractivity contribution in [2.45, 2.75) is 43.1 Å². The molecule has 1 aliphatic rings. The predicted octanol–water partition coefficient (Wildman–Crippen LogP) is 3.63. The molecule has 1 amide bonds. The summed E-state index contributed by atoms with van der Waals surface area (Å²) in [6.07, 6.45) is 4.59. The molecule has 2 heterocycles. The maximum absolute atomic E-state index is 12.6. The second-order valence-corrected chi connectivity index (χ2v) is 7.39. The zero-order valence-corrected chi connectivity index (χ0v) is 15.4. The van der Waals surface area contributed by atoms with Crippen molar-refractivity contribution in [3.63, 3.8) is 0 Å². The SMILES string of the molecule is COc1ccc(-c2nnc(S[C@@H](C)C(=O)N3CCCCCC3)o2)cc1. The standard InChI is InChI=1S/C18H23N3O3S/c1-13(17(22)21-11-5-3-4-6-12-21)25-18-20-19-16(24-18)14-7-9-15(23-2)10-8-14/h7-10,13H,3-6,11-12H2,1-2H3/t13-/m0/s1. The molecule has 0 N–H and O–H groups in total. The topological polar surface area (TPSA) is 68.5 Å². The van der Waals surface area contributed by atoms with Gasteiger partial charge in [-0.3, -0.25) is 4.79 Å². The minimum atomic E-state index is -0.234. The third kappa shape index (κ3) is 4.54. The monoisotopic (exact) mass is 361 g/mol. The smallest absolute Gasteiger partial charge is 0.277 e. The molecule has 1 fully saturated rings. The van der Waals surface area contributed by atoms with Gasteiger partial charge in [0.05, 0.1) is 12.4 Å². The van der Waals surface area contributed by atoms with Gasteiger partial charge in [-0.05, 0) is 44.0 Å². The van der Waals surface area contributed by atoms with Crippen molar-refractivity contribution in [1.82, 2.24) is 15.1 Å². The van der Waals surface area contributed by atoms with E-state index in [4.69, 9.17) is 9.15 Å². The molecule has 0 saturated carbocycles. The van der Waals surface area contributed by atoms with Crippen LogP contribution in [0.2, 0.25) is 0 Å². The molecule has 7 heteroatoms. The van der Waals surface area contributed by atoms with Crippen LogP contribution >= 0.6 is 11.8 Å². The second-order valence-electron chi connectivity index (χ2n) is 6.10. The van der Waals surface area contributed by atoms with Crippen LogP contribution in [0.3, 0.4) is 0 Å². The van der Waals surface area contributed by atoms with Gasteiger partial charge in [0.25, 0.3) is 5.22 Å². The summed E-state index contributed by atoms with van der Waals surface area (Å²) in [6.45, 7) is 3.60. The molecular formula is C18H23N3O3S. The number of thioether (sulfide) groups is 1. The van der Waals surface area contributed by atoms with Gasteiger partial charge in [-0.15, -0.1) is 10.2 Å². The van der Waals surface area contributed by atoms with Crippen molar-refractivity contribution in [2.24, 2.45) is 0 Å². The van der Waals surface area contributed by atoms with Gasteiger partial charge in [0, 0.05) is 18.7 Å². The van der Waals surface area contributed by atoms with E-state index in [0.717, 1.165) is 37.2 Å². The molecule has 0 spiro atoms. The van der Waals surface area contributed by atoms with E-state index in [2.05, 4.69) is 10.2 Å². The zero-order valence-electron chi connectivity index (χ0n) is 14.6. The first kappa shape index (κ1) is 17.8. The molecule has 0 radical (unpaired) electrons. The number of ether oxygens (including phenoxy) is 1. The Morgan fingerprint density at radius 2 is 1.84 bits per heavy atom. The normalized spacial score (nSPS) is 16.3. The van der Waals surface area contributed by atoms with Crippen LogP contribution in [0.15, 0.2) is 33.9 Å². The van der Waals surface area contributed by atoms with E-state index < -0.39 is 0 Å². The van der Waals surface area contributed by atoms with E-state index in [-0.39, 0.29) is 11.2 Å². The number of nitrogens with zero attached hydrogens (tertiary/aromatic N) is 3. The molecule has 6 nitrogen and oxygen atoms in total. The predicted molar refractivity (Wildman–Crippen MR) is 96.7 cm³/mol. The van der Waals surface area contributed by atoms with E-state index in [1.54, 1.807) is 7.11 Å². The summed E-state index contributed by atoms with van der Waals surface area (Å²) in [4.78, 5) is 14.6. The van der Waals surface area contributed by atoms with Crippen LogP contribution in [-0.4, -0.2) is 46.5 Å². The van der Waals surface area contributed by atoms with Gasteiger partial charge in [0.15, 0.2) is 0 Å². The largest absolute Gasteiger partial charge is 0.497 e. The number of methoxy groups -OCH3 is 1. The van der Waals surface area contributed by atoms with Crippen molar-refractivity contribution >= 4 is 17.7 Å². The summed E-state index contributed by atoms with van der Waals surface area (Å²) in [5, 5.41) is 8.33. The lowest BCUT2D eigenvalue weighted by Crippen LogP contribution is -2.37. The summed E-state index contributed by atoms with van der Waals surface area (Å²) in [5.41, 5.74) is 0.826. The third-order valence-electron chi connectivity index (χ3n) is 4.29.